The first-order chi connectivity index (χ1) is 14.5. The van der Waals surface area contributed by atoms with E-state index < -0.39 is 0 Å². The molecule has 0 radical (unpaired) electrons. The summed E-state index contributed by atoms with van der Waals surface area (Å²) >= 11 is 12.6. The zero-order valence-electron chi connectivity index (χ0n) is 16.7. The quantitative estimate of drug-likeness (QED) is 0.290. The lowest BCUT2D eigenvalue weighted by Crippen LogP contribution is -2.29. The van der Waals surface area contributed by atoms with Crippen molar-refractivity contribution in [3.8, 4) is 11.5 Å². The van der Waals surface area contributed by atoms with Crippen LogP contribution in [0.5, 0.6) is 11.5 Å². The predicted octanol–water partition coefficient (Wildman–Crippen LogP) is 5.17. The van der Waals surface area contributed by atoms with Gasteiger partial charge in [0, 0.05) is 25.3 Å². The van der Waals surface area contributed by atoms with Gasteiger partial charge in [0.05, 0.1) is 12.0 Å². The monoisotopic (exact) mass is 463 g/mol. The first kappa shape index (κ1) is 22.6. The number of nitrogens with zero attached hydrogens (tertiary/aromatic N) is 1. The average molecular weight is 464 g/mol. The summed E-state index contributed by atoms with van der Waals surface area (Å²) in [6.45, 7) is 1.54. The molecule has 1 fully saturated rings. The number of methoxy groups -OCH3 is 2. The molecule has 0 aliphatic carbocycles. The minimum Gasteiger partial charge on any atom is -0.493 e. The van der Waals surface area contributed by atoms with Crippen molar-refractivity contribution in [1.82, 2.24) is 4.90 Å². The highest BCUT2D eigenvalue weighted by molar-refractivity contribution is 8.26. The summed E-state index contributed by atoms with van der Waals surface area (Å²) < 4.78 is 17.0. The van der Waals surface area contributed by atoms with Gasteiger partial charge in [0.2, 0.25) is 0 Å². The molecule has 1 aliphatic heterocycles. The fourth-order valence-corrected chi connectivity index (χ4v) is 4.28. The Labute approximate surface area is 190 Å². The second-order valence-electron chi connectivity index (χ2n) is 6.51. The zero-order chi connectivity index (χ0) is 21.5. The van der Waals surface area contributed by atoms with E-state index >= 15 is 0 Å². The van der Waals surface area contributed by atoms with E-state index in [-0.39, 0.29) is 5.91 Å². The van der Waals surface area contributed by atoms with E-state index in [1.165, 1.54) is 11.8 Å². The van der Waals surface area contributed by atoms with Crippen molar-refractivity contribution in [2.45, 2.75) is 13.0 Å². The molecule has 30 heavy (non-hydrogen) atoms. The third kappa shape index (κ3) is 5.76. The normalized spacial score (nSPS) is 15.2. The van der Waals surface area contributed by atoms with Crippen molar-refractivity contribution in [3.05, 3.63) is 63.5 Å². The molecule has 1 aliphatic rings. The minimum atomic E-state index is -0.0804. The van der Waals surface area contributed by atoms with Crippen molar-refractivity contribution < 1.29 is 19.0 Å². The lowest BCUT2D eigenvalue weighted by molar-refractivity contribution is -0.122. The van der Waals surface area contributed by atoms with Gasteiger partial charge < -0.3 is 14.2 Å². The Kier molecular flexibility index (Phi) is 8.16. The number of rotatable bonds is 9. The summed E-state index contributed by atoms with van der Waals surface area (Å²) in [6, 6.07) is 13.0. The number of carbonyl (C=O) groups is 1. The topological polar surface area (TPSA) is 48.0 Å². The number of carbonyl (C=O) groups excluding carboxylic acids is 1. The molecule has 5 nitrogen and oxygen atoms in total. The first-order valence-electron chi connectivity index (χ1n) is 9.31. The van der Waals surface area contributed by atoms with E-state index in [1.54, 1.807) is 19.1 Å². The fraction of sp³-hybridized carbons (Fsp3) is 0.273. The molecule has 0 spiro atoms. The second-order valence-corrected chi connectivity index (χ2v) is 8.62. The van der Waals surface area contributed by atoms with Crippen LogP contribution in [0, 0.1) is 0 Å². The SMILES string of the molecule is COCCCN1C(=O)C(=Cc2ccc(OCc3ccc(Cl)cc3)c(OC)c2)SC1=S. The van der Waals surface area contributed by atoms with Crippen molar-refractivity contribution in [1.29, 1.82) is 0 Å². The molecule has 0 aromatic heterocycles. The van der Waals surface area contributed by atoms with E-state index in [2.05, 4.69) is 0 Å². The van der Waals surface area contributed by atoms with Crippen LogP contribution in [-0.4, -0.2) is 42.5 Å². The van der Waals surface area contributed by atoms with Crippen LogP contribution in [0.1, 0.15) is 17.5 Å². The van der Waals surface area contributed by atoms with Crippen LogP contribution in [0.3, 0.4) is 0 Å². The molecule has 0 atom stereocenters. The fourth-order valence-electron chi connectivity index (χ4n) is 2.85. The van der Waals surface area contributed by atoms with Gasteiger partial charge in [0.25, 0.3) is 5.91 Å². The Balaban J connectivity index is 1.70. The van der Waals surface area contributed by atoms with Crippen LogP contribution in [0.15, 0.2) is 47.4 Å². The standard InChI is InChI=1S/C22H22ClNO4S2/c1-26-11-3-10-24-21(25)20(30-22(24)29)13-16-6-9-18(19(12-16)27-2)28-14-15-4-7-17(23)8-5-15/h4-9,12-13H,3,10-11,14H2,1-2H3. The van der Waals surface area contributed by atoms with Crippen molar-refractivity contribution in [2.24, 2.45) is 0 Å². The average Bonchev–Trinajstić information content (AvgIpc) is 3.01. The molecule has 0 saturated carbocycles. The van der Waals surface area contributed by atoms with Gasteiger partial charge >= 0.3 is 0 Å². The van der Waals surface area contributed by atoms with Crippen LogP contribution in [0.25, 0.3) is 6.08 Å². The van der Waals surface area contributed by atoms with Gasteiger partial charge in [0.15, 0.2) is 11.5 Å². The molecule has 0 N–H and O–H groups in total. The van der Waals surface area contributed by atoms with Crippen LogP contribution >= 0.6 is 35.6 Å². The molecular weight excluding hydrogens is 442 g/mol. The minimum absolute atomic E-state index is 0.0804. The number of hydrogen-bond acceptors (Lipinski definition) is 6. The zero-order valence-corrected chi connectivity index (χ0v) is 19.1. The van der Waals surface area contributed by atoms with Gasteiger partial charge in [-0.3, -0.25) is 9.69 Å². The van der Waals surface area contributed by atoms with E-state index in [4.69, 9.17) is 38.0 Å². The van der Waals surface area contributed by atoms with Gasteiger partial charge in [-0.2, -0.15) is 0 Å². The molecule has 0 unspecified atom stereocenters. The van der Waals surface area contributed by atoms with Crippen LogP contribution in [0.2, 0.25) is 5.02 Å². The number of ether oxygens (including phenoxy) is 3. The maximum absolute atomic E-state index is 12.7. The Morgan fingerprint density at radius 3 is 2.60 bits per heavy atom. The largest absolute Gasteiger partial charge is 0.493 e. The van der Waals surface area contributed by atoms with Gasteiger partial charge in [-0.1, -0.05) is 53.8 Å². The van der Waals surface area contributed by atoms with Gasteiger partial charge in [-0.15, -0.1) is 0 Å². The third-order valence-corrected chi connectivity index (χ3v) is 6.03. The highest BCUT2D eigenvalue weighted by Crippen LogP contribution is 2.35. The molecule has 2 aromatic carbocycles. The highest BCUT2D eigenvalue weighted by atomic mass is 35.5. The first-order valence-corrected chi connectivity index (χ1v) is 10.9. The van der Waals surface area contributed by atoms with Crippen LogP contribution < -0.4 is 9.47 Å². The van der Waals surface area contributed by atoms with Crippen molar-refractivity contribution in [2.75, 3.05) is 27.4 Å². The summed E-state index contributed by atoms with van der Waals surface area (Å²) in [5, 5.41) is 0.685. The number of hydrogen-bond donors (Lipinski definition) is 0. The van der Waals surface area contributed by atoms with E-state index in [9.17, 15) is 4.79 Å². The number of thioether (sulfide) groups is 1. The molecule has 1 saturated heterocycles. The molecule has 3 rings (SSSR count). The van der Waals surface area contributed by atoms with E-state index in [1.807, 2.05) is 48.5 Å². The summed E-state index contributed by atoms with van der Waals surface area (Å²) in [6.07, 6.45) is 2.56. The number of amides is 1. The van der Waals surface area contributed by atoms with Crippen LogP contribution in [-0.2, 0) is 16.1 Å². The van der Waals surface area contributed by atoms with E-state index in [0.717, 1.165) is 17.5 Å². The maximum Gasteiger partial charge on any atom is 0.266 e. The van der Waals surface area contributed by atoms with Crippen molar-refractivity contribution in [3.63, 3.8) is 0 Å². The molecule has 158 valence electrons. The predicted molar refractivity (Wildman–Crippen MR) is 125 cm³/mol. The highest BCUT2D eigenvalue weighted by Gasteiger charge is 2.31. The molecular formula is C22H22ClNO4S2. The summed E-state index contributed by atoms with van der Waals surface area (Å²) in [7, 11) is 3.23. The lowest BCUT2D eigenvalue weighted by atomic mass is 10.1. The second kappa shape index (κ2) is 10.8. The Bertz CT molecular complexity index is 947. The third-order valence-electron chi connectivity index (χ3n) is 4.40. The maximum atomic E-state index is 12.7. The molecule has 1 heterocycles. The van der Waals surface area contributed by atoms with Gasteiger partial charge in [-0.05, 0) is 47.9 Å². The molecule has 2 aromatic rings. The number of thiocarbonyl (C=S) groups is 1. The molecule has 1 amide bonds. The summed E-state index contributed by atoms with van der Waals surface area (Å²) in [5.74, 6) is 1.13. The summed E-state index contributed by atoms with van der Waals surface area (Å²) in [5.41, 5.74) is 1.84. The van der Waals surface area contributed by atoms with Crippen molar-refractivity contribution >= 4 is 51.9 Å². The lowest BCUT2D eigenvalue weighted by Gasteiger charge is -2.13. The Morgan fingerprint density at radius 1 is 1.13 bits per heavy atom. The molecule has 0 bridgehead atoms. The van der Waals surface area contributed by atoms with E-state index in [0.29, 0.717) is 45.5 Å². The number of halogens is 1. The number of benzene rings is 2. The smallest absolute Gasteiger partial charge is 0.266 e. The van der Waals surface area contributed by atoms with Gasteiger partial charge in [-0.25, -0.2) is 0 Å². The molecule has 8 heteroatoms. The Hall–Kier alpha value is -2.06. The van der Waals surface area contributed by atoms with Gasteiger partial charge in [0.1, 0.15) is 10.9 Å². The van der Waals surface area contributed by atoms with Crippen LogP contribution in [0.4, 0.5) is 0 Å². The Morgan fingerprint density at radius 2 is 1.90 bits per heavy atom. The summed E-state index contributed by atoms with van der Waals surface area (Å²) in [4.78, 5) is 14.9.